The second-order valence-corrected chi connectivity index (χ2v) is 7.26. The van der Waals surface area contributed by atoms with E-state index in [0.29, 0.717) is 6.42 Å². The molecule has 6 nitrogen and oxygen atoms in total. The topological polar surface area (TPSA) is 84.8 Å². The number of hydrogen-bond acceptors (Lipinski definition) is 5. The highest BCUT2D eigenvalue weighted by Gasteiger charge is 2.28. The van der Waals surface area contributed by atoms with Crippen molar-refractivity contribution in [3.05, 3.63) is 35.4 Å². The zero-order valence-corrected chi connectivity index (χ0v) is 12.6. The van der Waals surface area contributed by atoms with Crippen LogP contribution >= 0.6 is 0 Å². The van der Waals surface area contributed by atoms with Crippen molar-refractivity contribution in [2.45, 2.75) is 19.4 Å². The van der Waals surface area contributed by atoms with Crippen LogP contribution in [0.2, 0.25) is 0 Å². The molecular weight excluding hydrogens is 292 g/mol. The highest BCUT2D eigenvalue weighted by molar-refractivity contribution is 7.91. The molecule has 0 unspecified atom stereocenters. The monoisotopic (exact) mass is 310 g/mol. The summed E-state index contributed by atoms with van der Waals surface area (Å²) < 4.78 is 22.5. The fourth-order valence-electron chi connectivity index (χ4n) is 2.10. The Kier molecular flexibility index (Phi) is 4.95. The Morgan fingerprint density at radius 1 is 1.48 bits per heavy atom. The highest BCUT2D eigenvalue weighted by atomic mass is 32.2. The van der Waals surface area contributed by atoms with Crippen LogP contribution in [0.5, 0.6) is 0 Å². The van der Waals surface area contributed by atoms with Crippen molar-refractivity contribution in [3.8, 4) is 0 Å². The summed E-state index contributed by atoms with van der Waals surface area (Å²) in [5, 5.41) is 6.37. The van der Waals surface area contributed by atoms with Gasteiger partial charge in [0.2, 0.25) is 0 Å². The maximum atomic E-state index is 11.6. The molecule has 1 saturated heterocycles. The van der Waals surface area contributed by atoms with Crippen molar-refractivity contribution in [1.29, 1.82) is 0 Å². The standard InChI is InChI=1S/C14H18N2O4S/c1-11-4-2-3-5-12(11)8-15-20-9-14(17)16-13-6-7-21(18,19)10-13/h2-5,8,13H,6-7,9-10H2,1H3,(H,16,17)/b15-8-/t13-/m0/s1. The third-order valence-corrected chi connectivity index (χ3v) is 5.02. The minimum atomic E-state index is -2.99. The first-order valence-electron chi connectivity index (χ1n) is 6.67. The lowest BCUT2D eigenvalue weighted by molar-refractivity contribution is -0.126. The van der Waals surface area contributed by atoms with E-state index in [-0.39, 0.29) is 30.1 Å². The number of hydrogen-bond donors (Lipinski definition) is 1. The zero-order chi connectivity index (χ0) is 15.3. The second-order valence-electron chi connectivity index (χ2n) is 5.03. The molecule has 1 aromatic carbocycles. The van der Waals surface area contributed by atoms with E-state index in [1.807, 2.05) is 31.2 Å². The first kappa shape index (κ1) is 15.5. The van der Waals surface area contributed by atoms with Crippen molar-refractivity contribution in [3.63, 3.8) is 0 Å². The summed E-state index contributed by atoms with van der Waals surface area (Å²) in [6.45, 7) is 1.73. The molecule has 0 radical (unpaired) electrons. The number of carbonyl (C=O) groups excluding carboxylic acids is 1. The van der Waals surface area contributed by atoms with Gasteiger partial charge in [0, 0.05) is 6.04 Å². The minimum Gasteiger partial charge on any atom is -0.386 e. The average molecular weight is 310 g/mol. The summed E-state index contributed by atoms with van der Waals surface area (Å²) in [5.74, 6) is -0.228. The Morgan fingerprint density at radius 3 is 2.90 bits per heavy atom. The maximum absolute atomic E-state index is 11.6. The first-order chi connectivity index (χ1) is 9.96. The molecule has 2 rings (SSSR count). The van der Waals surface area contributed by atoms with Crippen LogP contribution in [0.15, 0.2) is 29.4 Å². The fraction of sp³-hybridized carbons (Fsp3) is 0.429. The van der Waals surface area contributed by atoms with Crippen LogP contribution < -0.4 is 5.32 Å². The SMILES string of the molecule is Cc1ccccc1/C=N\OCC(=O)N[C@H]1CCS(=O)(=O)C1. The predicted octanol–water partition coefficient (Wildman–Crippen LogP) is 0.649. The van der Waals surface area contributed by atoms with Gasteiger partial charge in [0.1, 0.15) is 0 Å². The number of sulfone groups is 1. The van der Waals surface area contributed by atoms with Crippen LogP contribution in [0, 0.1) is 6.92 Å². The van der Waals surface area contributed by atoms with Crippen LogP contribution in [-0.4, -0.2) is 44.7 Å². The minimum absolute atomic E-state index is 0.00518. The third-order valence-electron chi connectivity index (χ3n) is 3.25. The van der Waals surface area contributed by atoms with Crippen molar-refractivity contribution in [2.24, 2.45) is 5.16 Å². The van der Waals surface area contributed by atoms with Crippen LogP contribution in [0.1, 0.15) is 17.5 Å². The summed E-state index contributed by atoms with van der Waals surface area (Å²) >= 11 is 0. The van der Waals surface area contributed by atoms with Gasteiger partial charge in [-0.05, 0) is 24.5 Å². The third kappa shape index (κ3) is 4.86. The zero-order valence-electron chi connectivity index (χ0n) is 11.8. The average Bonchev–Trinajstić information content (AvgIpc) is 2.76. The van der Waals surface area contributed by atoms with E-state index in [9.17, 15) is 13.2 Å². The molecule has 21 heavy (non-hydrogen) atoms. The summed E-state index contributed by atoms with van der Waals surface area (Å²) in [6.07, 6.45) is 2.00. The largest absolute Gasteiger partial charge is 0.386 e. The maximum Gasteiger partial charge on any atom is 0.261 e. The number of oxime groups is 1. The van der Waals surface area contributed by atoms with Crippen molar-refractivity contribution < 1.29 is 18.0 Å². The lowest BCUT2D eigenvalue weighted by Crippen LogP contribution is -2.37. The normalized spacial score (nSPS) is 20.5. The van der Waals surface area contributed by atoms with Crippen LogP contribution in [-0.2, 0) is 19.5 Å². The number of nitrogens with one attached hydrogen (secondary N) is 1. The molecule has 1 fully saturated rings. The van der Waals surface area contributed by atoms with Gasteiger partial charge in [0.05, 0.1) is 17.7 Å². The van der Waals surface area contributed by atoms with E-state index in [1.54, 1.807) is 6.21 Å². The molecule has 0 spiro atoms. The lowest BCUT2D eigenvalue weighted by atomic mass is 10.1. The van der Waals surface area contributed by atoms with Crippen LogP contribution in [0.3, 0.4) is 0 Å². The van der Waals surface area contributed by atoms with E-state index in [4.69, 9.17) is 4.84 Å². The second kappa shape index (κ2) is 6.71. The number of amides is 1. The number of aryl methyl sites for hydroxylation is 1. The molecule has 1 N–H and O–H groups in total. The molecule has 1 atom stereocenters. The Bertz CT molecular complexity index is 640. The molecule has 1 aliphatic rings. The predicted molar refractivity (Wildman–Crippen MR) is 79.9 cm³/mol. The van der Waals surface area contributed by atoms with E-state index < -0.39 is 9.84 Å². The fourth-order valence-corrected chi connectivity index (χ4v) is 3.77. The Balaban J connectivity index is 1.74. The quantitative estimate of drug-likeness (QED) is 0.639. The van der Waals surface area contributed by atoms with Gasteiger partial charge >= 0.3 is 0 Å². The van der Waals surface area contributed by atoms with Gasteiger partial charge in [-0.15, -0.1) is 0 Å². The van der Waals surface area contributed by atoms with Gasteiger partial charge in [-0.25, -0.2) is 8.42 Å². The molecule has 0 bridgehead atoms. The van der Waals surface area contributed by atoms with E-state index >= 15 is 0 Å². The summed E-state index contributed by atoms with van der Waals surface area (Å²) in [4.78, 5) is 16.5. The van der Waals surface area contributed by atoms with Gasteiger partial charge in [0.25, 0.3) is 5.91 Å². The molecule has 1 heterocycles. The number of rotatable bonds is 5. The molecule has 114 valence electrons. The molecule has 0 aromatic heterocycles. The summed E-state index contributed by atoms with van der Waals surface area (Å²) in [6, 6.07) is 7.35. The smallest absolute Gasteiger partial charge is 0.261 e. The highest BCUT2D eigenvalue weighted by Crippen LogP contribution is 2.10. The van der Waals surface area contributed by atoms with Gasteiger partial charge in [0.15, 0.2) is 16.4 Å². The van der Waals surface area contributed by atoms with Crippen LogP contribution in [0.4, 0.5) is 0 Å². The molecule has 1 aliphatic heterocycles. The first-order valence-corrected chi connectivity index (χ1v) is 8.49. The van der Waals surface area contributed by atoms with Gasteiger partial charge in [-0.3, -0.25) is 4.79 Å². The van der Waals surface area contributed by atoms with Crippen LogP contribution in [0.25, 0.3) is 0 Å². The molecule has 7 heteroatoms. The Labute approximate surface area is 124 Å². The van der Waals surface area contributed by atoms with E-state index in [1.165, 1.54) is 0 Å². The van der Waals surface area contributed by atoms with E-state index in [2.05, 4.69) is 10.5 Å². The molecular formula is C14H18N2O4S. The van der Waals surface area contributed by atoms with Gasteiger partial charge < -0.3 is 10.2 Å². The molecule has 0 saturated carbocycles. The Hall–Kier alpha value is -1.89. The van der Waals surface area contributed by atoms with Crippen molar-refractivity contribution in [2.75, 3.05) is 18.1 Å². The van der Waals surface area contributed by atoms with Crippen molar-refractivity contribution in [1.82, 2.24) is 5.32 Å². The number of carbonyl (C=O) groups is 1. The molecule has 0 aliphatic carbocycles. The van der Waals surface area contributed by atoms with Gasteiger partial charge in [-0.2, -0.15) is 0 Å². The Morgan fingerprint density at radius 2 is 2.24 bits per heavy atom. The molecule has 1 amide bonds. The lowest BCUT2D eigenvalue weighted by Gasteiger charge is -2.09. The number of nitrogens with zero attached hydrogens (tertiary/aromatic N) is 1. The van der Waals surface area contributed by atoms with E-state index in [0.717, 1.165) is 11.1 Å². The summed E-state index contributed by atoms with van der Waals surface area (Å²) in [5.41, 5.74) is 1.98. The van der Waals surface area contributed by atoms with Crippen molar-refractivity contribution >= 4 is 22.0 Å². The molecule has 1 aromatic rings. The van der Waals surface area contributed by atoms with Gasteiger partial charge in [-0.1, -0.05) is 29.4 Å². The number of benzene rings is 1. The summed E-state index contributed by atoms with van der Waals surface area (Å²) in [7, 11) is -2.99.